The lowest BCUT2D eigenvalue weighted by molar-refractivity contribution is 0.0898. The van der Waals surface area contributed by atoms with Gasteiger partial charge in [-0.1, -0.05) is 13.8 Å². The first-order chi connectivity index (χ1) is 9.49. The number of nitrogens with one attached hydrogen (secondary N) is 1. The number of aromatic nitrogens is 4. The molecule has 0 fully saturated rings. The Kier molecular flexibility index (Phi) is 4.29. The minimum absolute atomic E-state index is 0.228. The van der Waals surface area contributed by atoms with Crippen LogP contribution in [0.25, 0.3) is 5.78 Å². The maximum absolute atomic E-state index is 12.1. The van der Waals surface area contributed by atoms with Gasteiger partial charge in [-0.05, 0) is 19.3 Å². The Morgan fingerprint density at radius 3 is 2.90 bits per heavy atom. The molecule has 20 heavy (non-hydrogen) atoms. The molecule has 2 rings (SSSR count). The van der Waals surface area contributed by atoms with E-state index in [1.165, 1.54) is 17.0 Å². The maximum atomic E-state index is 12.1. The fourth-order valence-corrected chi connectivity index (χ4v) is 2.05. The molecule has 7 heteroatoms. The number of nitrogens with zero attached hydrogens (tertiary/aromatic N) is 4. The molecule has 0 aliphatic rings. The van der Waals surface area contributed by atoms with Crippen LogP contribution in [0.1, 0.15) is 36.3 Å². The molecule has 1 unspecified atom stereocenters. The molecule has 0 radical (unpaired) electrons. The van der Waals surface area contributed by atoms with Crippen molar-refractivity contribution in [2.45, 2.75) is 33.3 Å². The fourth-order valence-electron chi connectivity index (χ4n) is 2.05. The Hall–Kier alpha value is -2.02. The molecule has 1 amide bonds. The van der Waals surface area contributed by atoms with Crippen LogP contribution in [-0.4, -0.2) is 43.2 Å². The van der Waals surface area contributed by atoms with E-state index in [4.69, 9.17) is 0 Å². The number of aryl methyl sites for hydroxylation is 1. The highest BCUT2D eigenvalue weighted by Crippen LogP contribution is 2.08. The van der Waals surface area contributed by atoms with Crippen LogP contribution in [0.3, 0.4) is 0 Å². The Bertz CT molecular complexity index is 608. The summed E-state index contributed by atoms with van der Waals surface area (Å²) in [7, 11) is 0. The molecular formula is C13H19N5O2. The van der Waals surface area contributed by atoms with Gasteiger partial charge in [0.15, 0.2) is 0 Å². The van der Waals surface area contributed by atoms with Gasteiger partial charge in [-0.2, -0.15) is 10.1 Å². The first-order valence-corrected chi connectivity index (χ1v) is 6.60. The van der Waals surface area contributed by atoms with E-state index in [9.17, 15) is 9.90 Å². The number of aliphatic hydroxyl groups excluding tert-OH is 1. The zero-order chi connectivity index (χ0) is 14.7. The summed E-state index contributed by atoms with van der Waals surface area (Å²) < 4.78 is 1.51. The van der Waals surface area contributed by atoms with E-state index < -0.39 is 6.10 Å². The van der Waals surface area contributed by atoms with Crippen molar-refractivity contribution in [3.63, 3.8) is 0 Å². The molecule has 1 atom stereocenters. The van der Waals surface area contributed by atoms with Gasteiger partial charge in [-0.3, -0.25) is 4.79 Å². The molecule has 2 aromatic heterocycles. The molecule has 0 saturated heterocycles. The second-order valence-corrected chi connectivity index (χ2v) is 5.22. The van der Waals surface area contributed by atoms with Gasteiger partial charge in [0.25, 0.3) is 11.7 Å². The van der Waals surface area contributed by atoms with Crippen molar-refractivity contribution in [3.05, 3.63) is 23.8 Å². The average molecular weight is 277 g/mol. The number of hydrogen-bond donors (Lipinski definition) is 2. The van der Waals surface area contributed by atoms with E-state index in [0.717, 1.165) is 0 Å². The largest absolute Gasteiger partial charge is 0.391 e. The number of hydrogen-bond acceptors (Lipinski definition) is 5. The van der Waals surface area contributed by atoms with Crippen molar-refractivity contribution in [3.8, 4) is 0 Å². The molecule has 7 nitrogen and oxygen atoms in total. The Morgan fingerprint density at radius 1 is 1.45 bits per heavy atom. The predicted molar refractivity (Wildman–Crippen MR) is 73.3 cm³/mol. The zero-order valence-corrected chi connectivity index (χ0v) is 11.9. The number of carbonyl (C=O) groups excluding carboxylic acids is 1. The van der Waals surface area contributed by atoms with Crippen LogP contribution < -0.4 is 5.32 Å². The van der Waals surface area contributed by atoms with E-state index in [-0.39, 0.29) is 12.5 Å². The van der Waals surface area contributed by atoms with E-state index in [0.29, 0.717) is 29.4 Å². The molecule has 2 N–H and O–H groups in total. The number of aliphatic hydroxyl groups is 1. The summed E-state index contributed by atoms with van der Waals surface area (Å²) in [4.78, 5) is 20.1. The molecule has 0 bridgehead atoms. The maximum Gasteiger partial charge on any atom is 0.254 e. The summed E-state index contributed by atoms with van der Waals surface area (Å²) in [6, 6.07) is 0. The second-order valence-electron chi connectivity index (χ2n) is 5.22. The monoisotopic (exact) mass is 277 g/mol. The van der Waals surface area contributed by atoms with E-state index in [2.05, 4.69) is 20.4 Å². The SMILES string of the molecule is Cc1c(C(=O)NCC(O)CC(C)C)cnc2ncnn12. The van der Waals surface area contributed by atoms with Crippen molar-refractivity contribution in [2.24, 2.45) is 5.92 Å². The average Bonchev–Trinajstić information content (AvgIpc) is 2.85. The van der Waals surface area contributed by atoms with Gasteiger partial charge in [0, 0.05) is 12.7 Å². The molecule has 108 valence electrons. The quantitative estimate of drug-likeness (QED) is 0.833. The third-order valence-electron chi connectivity index (χ3n) is 3.03. The van der Waals surface area contributed by atoms with Crippen LogP contribution in [0, 0.1) is 12.8 Å². The number of rotatable bonds is 5. The normalized spacial score (nSPS) is 12.8. The highest BCUT2D eigenvalue weighted by molar-refractivity contribution is 5.95. The van der Waals surface area contributed by atoms with Gasteiger partial charge in [0.1, 0.15) is 6.33 Å². The highest BCUT2D eigenvalue weighted by atomic mass is 16.3. The Morgan fingerprint density at radius 2 is 2.20 bits per heavy atom. The standard InChI is InChI=1S/C13H19N5O2/c1-8(2)4-10(19)5-14-12(20)11-6-15-13-16-7-17-18(13)9(11)3/h6-8,10,19H,4-5H2,1-3H3,(H,14,20). The van der Waals surface area contributed by atoms with Crippen molar-refractivity contribution in [1.29, 1.82) is 0 Å². The van der Waals surface area contributed by atoms with Gasteiger partial charge in [-0.15, -0.1) is 0 Å². The summed E-state index contributed by atoms with van der Waals surface area (Å²) >= 11 is 0. The van der Waals surface area contributed by atoms with Crippen LogP contribution in [0.5, 0.6) is 0 Å². The van der Waals surface area contributed by atoms with Gasteiger partial charge in [0.05, 0.1) is 17.4 Å². The molecule has 0 spiro atoms. The molecular weight excluding hydrogens is 258 g/mol. The van der Waals surface area contributed by atoms with Crippen LogP contribution in [0.4, 0.5) is 0 Å². The smallest absolute Gasteiger partial charge is 0.254 e. The van der Waals surface area contributed by atoms with Crippen LogP contribution in [0.15, 0.2) is 12.5 Å². The summed E-state index contributed by atoms with van der Waals surface area (Å²) in [5.41, 5.74) is 1.10. The predicted octanol–water partition coefficient (Wildman–Crippen LogP) is 0.570. The Balaban J connectivity index is 2.06. The van der Waals surface area contributed by atoms with Crippen molar-refractivity contribution in [1.82, 2.24) is 24.9 Å². The van der Waals surface area contributed by atoms with E-state index >= 15 is 0 Å². The minimum atomic E-state index is -0.540. The number of carbonyl (C=O) groups is 1. The topological polar surface area (TPSA) is 92.4 Å². The first-order valence-electron chi connectivity index (χ1n) is 6.60. The van der Waals surface area contributed by atoms with E-state index in [1.807, 2.05) is 13.8 Å². The number of amides is 1. The fraction of sp³-hybridized carbons (Fsp3) is 0.538. The van der Waals surface area contributed by atoms with Crippen LogP contribution in [0.2, 0.25) is 0 Å². The van der Waals surface area contributed by atoms with Gasteiger partial charge >= 0.3 is 0 Å². The molecule has 0 aromatic carbocycles. The van der Waals surface area contributed by atoms with Crippen LogP contribution >= 0.6 is 0 Å². The summed E-state index contributed by atoms with van der Waals surface area (Å²) in [6.07, 6.45) is 2.98. The molecule has 0 saturated carbocycles. The Labute approximate surface area is 117 Å². The second kappa shape index (κ2) is 5.96. The number of fused-ring (bicyclic) bond motifs is 1. The van der Waals surface area contributed by atoms with Gasteiger partial charge in [0.2, 0.25) is 0 Å². The minimum Gasteiger partial charge on any atom is -0.391 e. The summed E-state index contributed by atoms with van der Waals surface area (Å²) in [6.45, 7) is 6.06. The van der Waals surface area contributed by atoms with Crippen LogP contribution in [-0.2, 0) is 0 Å². The third-order valence-corrected chi connectivity index (χ3v) is 3.03. The molecule has 2 aromatic rings. The lowest BCUT2D eigenvalue weighted by atomic mass is 10.1. The highest BCUT2D eigenvalue weighted by Gasteiger charge is 2.15. The molecule has 0 aliphatic heterocycles. The summed E-state index contributed by atoms with van der Waals surface area (Å²) in [5, 5.41) is 16.5. The van der Waals surface area contributed by atoms with Gasteiger partial charge in [-0.25, -0.2) is 9.50 Å². The van der Waals surface area contributed by atoms with Crippen molar-refractivity contribution in [2.75, 3.05) is 6.54 Å². The summed E-state index contributed by atoms with van der Waals surface area (Å²) in [5.74, 6) is 0.575. The lowest BCUT2D eigenvalue weighted by Crippen LogP contribution is -2.33. The van der Waals surface area contributed by atoms with Gasteiger partial charge < -0.3 is 10.4 Å². The van der Waals surface area contributed by atoms with Crippen molar-refractivity contribution >= 4 is 11.7 Å². The van der Waals surface area contributed by atoms with Crippen molar-refractivity contribution < 1.29 is 9.90 Å². The van der Waals surface area contributed by atoms with E-state index in [1.54, 1.807) is 6.92 Å². The molecule has 2 heterocycles. The lowest BCUT2D eigenvalue weighted by Gasteiger charge is -2.14. The molecule has 0 aliphatic carbocycles. The first kappa shape index (κ1) is 14.4. The third kappa shape index (κ3) is 3.11. The zero-order valence-electron chi connectivity index (χ0n) is 11.9.